The number of carboxylic acids is 1. The Morgan fingerprint density at radius 3 is 2.50 bits per heavy atom. The molecule has 0 saturated heterocycles. The summed E-state index contributed by atoms with van der Waals surface area (Å²) in [5.41, 5.74) is 6.76. The van der Waals surface area contributed by atoms with Gasteiger partial charge in [0.15, 0.2) is 6.61 Å². The highest BCUT2D eigenvalue weighted by Gasteiger charge is 2.29. The van der Waals surface area contributed by atoms with Crippen molar-refractivity contribution >= 4 is 11.9 Å². The Hall–Kier alpha value is -1.14. The molecule has 0 spiro atoms. The fraction of sp³-hybridized carbons (Fsp3) is 0.750. The molecule has 6 heteroatoms. The minimum absolute atomic E-state index is 0.186. The van der Waals surface area contributed by atoms with Gasteiger partial charge in [-0.05, 0) is 13.3 Å². The normalized spacial score (nSPS) is 14.5. The fourth-order valence-electron chi connectivity index (χ4n) is 0.684. The van der Waals surface area contributed by atoms with Crippen molar-refractivity contribution in [2.24, 2.45) is 11.1 Å². The van der Waals surface area contributed by atoms with Crippen LogP contribution in [0.15, 0.2) is 0 Å². The number of hydrogen-bond acceptors (Lipinski definition) is 4. The number of aliphatic carboxylic acids is 1. The molecule has 0 bridgehead atoms. The molecule has 0 aromatic carbocycles. The van der Waals surface area contributed by atoms with Crippen LogP contribution in [0.3, 0.4) is 0 Å². The zero-order valence-electron chi connectivity index (χ0n) is 8.37. The monoisotopic (exact) mass is 204 g/mol. The first-order valence-electron chi connectivity index (χ1n) is 4.30. The van der Waals surface area contributed by atoms with E-state index >= 15 is 0 Å². The molecule has 82 valence electrons. The SMILES string of the molecule is CCC(C)(CN)C(=O)NOCC(=O)O. The average Bonchev–Trinajstić information content (AvgIpc) is 2.15. The van der Waals surface area contributed by atoms with Crippen LogP contribution in [0, 0.1) is 5.41 Å². The minimum Gasteiger partial charge on any atom is -0.479 e. The van der Waals surface area contributed by atoms with Crippen molar-refractivity contribution in [3.8, 4) is 0 Å². The Kier molecular flexibility index (Phi) is 5.11. The topological polar surface area (TPSA) is 102 Å². The van der Waals surface area contributed by atoms with Crippen LogP contribution < -0.4 is 11.2 Å². The maximum atomic E-state index is 11.4. The molecule has 0 aliphatic heterocycles. The van der Waals surface area contributed by atoms with E-state index in [0.717, 1.165) is 0 Å². The lowest BCUT2D eigenvalue weighted by Gasteiger charge is -2.24. The van der Waals surface area contributed by atoms with Gasteiger partial charge in [-0.1, -0.05) is 6.92 Å². The number of nitrogens with one attached hydrogen (secondary N) is 1. The van der Waals surface area contributed by atoms with Crippen LogP contribution in [0.2, 0.25) is 0 Å². The minimum atomic E-state index is -1.14. The van der Waals surface area contributed by atoms with Crippen molar-refractivity contribution in [2.45, 2.75) is 20.3 Å². The Balaban J connectivity index is 4.00. The molecule has 0 fully saturated rings. The summed E-state index contributed by atoms with van der Waals surface area (Å²) in [6.45, 7) is 3.14. The van der Waals surface area contributed by atoms with Crippen molar-refractivity contribution in [3.63, 3.8) is 0 Å². The molecule has 0 aliphatic rings. The lowest BCUT2D eigenvalue weighted by molar-refractivity contribution is -0.153. The van der Waals surface area contributed by atoms with Crippen molar-refractivity contribution in [2.75, 3.05) is 13.2 Å². The van der Waals surface area contributed by atoms with Crippen LogP contribution >= 0.6 is 0 Å². The van der Waals surface area contributed by atoms with Crippen LogP contribution in [0.25, 0.3) is 0 Å². The van der Waals surface area contributed by atoms with E-state index in [1.165, 1.54) is 0 Å². The van der Waals surface area contributed by atoms with Gasteiger partial charge in [-0.25, -0.2) is 10.3 Å². The molecule has 0 rings (SSSR count). The van der Waals surface area contributed by atoms with Gasteiger partial charge in [-0.2, -0.15) is 0 Å². The average molecular weight is 204 g/mol. The lowest BCUT2D eigenvalue weighted by atomic mass is 9.87. The summed E-state index contributed by atoms with van der Waals surface area (Å²) >= 11 is 0. The van der Waals surface area contributed by atoms with Gasteiger partial charge in [-0.3, -0.25) is 9.63 Å². The smallest absolute Gasteiger partial charge is 0.332 e. The summed E-state index contributed by atoms with van der Waals surface area (Å²) in [4.78, 5) is 25.9. The third-order valence-electron chi connectivity index (χ3n) is 2.14. The number of amides is 1. The largest absolute Gasteiger partial charge is 0.479 e. The van der Waals surface area contributed by atoms with Gasteiger partial charge < -0.3 is 10.8 Å². The highest BCUT2D eigenvalue weighted by Crippen LogP contribution is 2.18. The van der Waals surface area contributed by atoms with E-state index in [0.29, 0.717) is 6.42 Å². The third kappa shape index (κ3) is 3.71. The second kappa shape index (κ2) is 5.56. The molecule has 4 N–H and O–H groups in total. The Morgan fingerprint density at radius 2 is 2.14 bits per heavy atom. The maximum Gasteiger partial charge on any atom is 0.332 e. The standard InChI is InChI=1S/C8H16N2O4/c1-3-8(2,5-9)7(13)10-14-4-6(11)12/h3-5,9H2,1-2H3,(H,10,13)(H,11,12). The van der Waals surface area contributed by atoms with E-state index in [1.807, 2.05) is 6.92 Å². The third-order valence-corrected chi connectivity index (χ3v) is 2.14. The van der Waals surface area contributed by atoms with E-state index < -0.39 is 23.9 Å². The van der Waals surface area contributed by atoms with Crippen LogP contribution in [-0.2, 0) is 14.4 Å². The summed E-state index contributed by atoms with van der Waals surface area (Å²) in [6.07, 6.45) is 0.561. The molecule has 0 aliphatic carbocycles. The Bertz CT molecular complexity index is 213. The summed E-state index contributed by atoms with van der Waals surface area (Å²) in [5, 5.41) is 8.24. The second-order valence-electron chi connectivity index (χ2n) is 3.23. The second-order valence-corrected chi connectivity index (χ2v) is 3.23. The highest BCUT2D eigenvalue weighted by atomic mass is 16.7. The molecular formula is C8H16N2O4. The molecular weight excluding hydrogens is 188 g/mol. The molecule has 0 heterocycles. The fourth-order valence-corrected chi connectivity index (χ4v) is 0.684. The van der Waals surface area contributed by atoms with Crippen LogP contribution in [0.4, 0.5) is 0 Å². The number of carboxylic acid groups (broad SMARTS) is 1. The van der Waals surface area contributed by atoms with Crippen molar-refractivity contribution < 1.29 is 19.5 Å². The number of hydrogen-bond donors (Lipinski definition) is 3. The van der Waals surface area contributed by atoms with Crippen LogP contribution in [0.5, 0.6) is 0 Å². The Labute approximate surface area is 82.4 Å². The molecule has 14 heavy (non-hydrogen) atoms. The van der Waals surface area contributed by atoms with E-state index in [9.17, 15) is 9.59 Å². The first-order chi connectivity index (χ1) is 6.46. The maximum absolute atomic E-state index is 11.4. The summed E-state index contributed by atoms with van der Waals surface area (Å²) < 4.78 is 0. The van der Waals surface area contributed by atoms with Gasteiger partial charge in [-0.15, -0.1) is 0 Å². The quantitative estimate of drug-likeness (QED) is 0.506. The molecule has 6 nitrogen and oxygen atoms in total. The van der Waals surface area contributed by atoms with Crippen LogP contribution in [-0.4, -0.2) is 30.1 Å². The predicted octanol–water partition coefficient (Wildman–Crippen LogP) is -0.506. The van der Waals surface area contributed by atoms with Crippen molar-refractivity contribution in [1.29, 1.82) is 0 Å². The molecule has 0 aromatic heterocycles. The van der Waals surface area contributed by atoms with E-state index in [2.05, 4.69) is 10.3 Å². The Morgan fingerprint density at radius 1 is 1.57 bits per heavy atom. The zero-order valence-corrected chi connectivity index (χ0v) is 8.37. The van der Waals surface area contributed by atoms with Crippen LogP contribution in [0.1, 0.15) is 20.3 Å². The van der Waals surface area contributed by atoms with Gasteiger partial charge in [0.25, 0.3) is 5.91 Å². The van der Waals surface area contributed by atoms with Gasteiger partial charge >= 0.3 is 5.97 Å². The number of rotatable bonds is 6. The lowest BCUT2D eigenvalue weighted by Crippen LogP contribution is -2.43. The molecule has 0 saturated carbocycles. The first-order valence-corrected chi connectivity index (χ1v) is 4.30. The van der Waals surface area contributed by atoms with E-state index in [4.69, 9.17) is 10.8 Å². The molecule has 0 radical (unpaired) electrons. The molecule has 0 aromatic rings. The summed E-state index contributed by atoms with van der Waals surface area (Å²) in [5.74, 6) is -1.54. The number of hydroxylamine groups is 1. The predicted molar refractivity (Wildman–Crippen MR) is 49.2 cm³/mol. The first kappa shape index (κ1) is 12.9. The van der Waals surface area contributed by atoms with Crippen molar-refractivity contribution in [3.05, 3.63) is 0 Å². The summed E-state index contributed by atoms with van der Waals surface area (Å²) in [7, 11) is 0. The van der Waals surface area contributed by atoms with E-state index in [1.54, 1.807) is 6.92 Å². The van der Waals surface area contributed by atoms with Crippen molar-refractivity contribution in [1.82, 2.24) is 5.48 Å². The molecule has 1 atom stereocenters. The highest BCUT2D eigenvalue weighted by molar-refractivity contribution is 5.81. The van der Waals surface area contributed by atoms with Gasteiger partial charge in [0.05, 0.1) is 5.41 Å². The van der Waals surface area contributed by atoms with Gasteiger partial charge in [0.1, 0.15) is 0 Å². The molecule has 1 amide bonds. The van der Waals surface area contributed by atoms with E-state index in [-0.39, 0.29) is 6.54 Å². The summed E-state index contributed by atoms with van der Waals surface area (Å²) in [6, 6.07) is 0. The van der Waals surface area contributed by atoms with Gasteiger partial charge in [0, 0.05) is 6.54 Å². The number of carbonyl (C=O) groups excluding carboxylic acids is 1. The zero-order chi connectivity index (χ0) is 11.2. The number of carbonyl (C=O) groups is 2. The van der Waals surface area contributed by atoms with Gasteiger partial charge in [0.2, 0.25) is 0 Å². The molecule has 1 unspecified atom stereocenters. The number of nitrogens with two attached hydrogens (primary N) is 1.